The first-order chi connectivity index (χ1) is 31.4. The van der Waals surface area contributed by atoms with Gasteiger partial charge >= 0.3 is 32.1 Å². The van der Waals surface area contributed by atoms with Gasteiger partial charge in [0.2, 0.25) is 0 Å². The second kappa shape index (κ2) is 19.4. The highest BCUT2D eigenvalue weighted by Crippen LogP contribution is 2.65. The van der Waals surface area contributed by atoms with Crippen LogP contribution in [0.15, 0.2) is 30.0 Å². The molecule has 2 bridgehead atoms. The molecule has 0 saturated carbocycles. The molecule has 7 heterocycles. The predicted molar refractivity (Wildman–Crippen MR) is 260 cm³/mol. The number of aromatic amines is 1. The fourth-order valence-corrected chi connectivity index (χ4v) is 22.4. The van der Waals surface area contributed by atoms with Crippen LogP contribution in [0.25, 0.3) is 22.2 Å². The van der Waals surface area contributed by atoms with Gasteiger partial charge in [-0.2, -0.15) is 13.9 Å². The van der Waals surface area contributed by atoms with E-state index in [1.807, 2.05) is 89.3 Å². The first-order valence-corrected chi connectivity index (χ1v) is 33.6. The Morgan fingerprint density at radius 2 is 1.57 bits per heavy atom. The molecule has 6 N–H and O–H groups in total. The number of imidazole rings is 1. The van der Waals surface area contributed by atoms with Crippen molar-refractivity contribution in [2.24, 2.45) is 0 Å². The van der Waals surface area contributed by atoms with Crippen molar-refractivity contribution in [3.05, 3.63) is 41.3 Å². The summed E-state index contributed by atoms with van der Waals surface area (Å²) in [6, 6.07) is 0. The van der Waals surface area contributed by atoms with Gasteiger partial charge in [-0.25, -0.2) is 28.9 Å². The number of ether oxygens (including phenoxy) is 2. The molecule has 29 heteroatoms. The van der Waals surface area contributed by atoms with Gasteiger partial charge in [0.25, 0.3) is 5.56 Å². The monoisotopic (exact) mass is 1070 g/mol. The average Bonchev–Trinajstić information content (AvgIpc) is 3.98. The second-order valence-corrected chi connectivity index (χ2v) is 38.1. The molecule has 68 heavy (non-hydrogen) atoms. The van der Waals surface area contributed by atoms with Crippen molar-refractivity contribution in [2.75, 3.05) is 18.9 Å². The fraction of sp³-hybridized carbons (Fsp3) is 0.718. The zero-order valence-corrected chi connectivity index (χ0v) is 46.1. The van der Waals surface area contributed by atoms with Crippen molar-refractivity contribution < 1.29 is 64.1 Å². The highest BCUT2D eigenvalue weighted by molar-refractivity contribution is 8.47. The maximum atomic E-state index is 15.8. The number of fused-ring (bicyclic) bond motifs is 5. The first-order valence-electron chi connectivity index (χ1n) is 22.5. The third-order valence-corrected chi connectivity index (χ3v) is 30.4. The first kappa shape index (κ1) is 53.7. The van der Waals surface area contributed by atoms with Gasteiger partial charge in [0.15, 0.2) is 49.8 Å². The Morgan fingerprint density at radius 1 is 0.926 bits per heavy atom. The molecule has 380 valence electrons. The lowest BCUT2D eigenvalue weighted by atomic mass is 10.1. The predicted octanol–water partition coefficient (Wildman–Crippen LogP) is 6.91. The van der Waals surface area contributed by atoms with E-state index < -0.39 is 119 Å². The lowest BCUT2D eigenvalue weighted by Crippen LogP contribution is -2.62. The number of H-pyrrole nitrogens is 1. The van der Waals surface area contributed by atoms with E-state index in [1.165, 1.54) is 17.2 Å². The minimum absolute atomic E-state index is 0.104. The van der Waals surface area contributed by atoms with Crippen LogP contribution < -0.4 is 11.3 Å². The highest BCUT2D eigenvalue weighted by atomic mass is 32.7. The molecule has 4 aromatic heterocycles. The Labute approximate surface area is 403 Å². The Bertz CT molecular complexity index is 2550. The zero-order valence-electron chi connectivity index (χ0n) is 40.5. The topological polar surface area (TPSA) is 281 Å². The van der Waals surface area contributed by atoms with Crippen LogP contribution in [0.1, 0.15) is 88.6 Å². The molecular weight excluding hydrogens is 1000 g/mol. The number of phosphoric acid groups is 1. The SMILES string of the molecule is CC(C)[Si](O)(O[Si](O[C@H]1[C@H]2O[P+](O)(S)OC[C@H]3O[C@@H](n4cnc5c(N)ncnc54)[C@H](O[Si](C)(C)C(C)(C)C)[C@@H]3OP(=O)(O)OC[C@H]1O[C@H]2n1cc(F)c2c(=O)[nH]cnc21)(C(C)C)C(C)C)C(C)C. The molecule has 0 spiro atoms. The summed E-state index contributed by atoms with van der Waals surface area (Å²) < 4.78 is 92.3. The minimum Gasteiger partial charge on any atom is -0.414 e. The third-order valence-electron chi connectivity index (χ3n) is 13.5. The number of phosphoric ester groups is 1. The molecule has 2 unspecified atom stereocenters. The summed E-state index contributed by atoms with van der Waals surface area (Å²) in [5.41, 5.74) is 4.51. The van der Waals surface area contributed by atoms with Crippen molar-refractivity contribution >= 4 is 80.7 Å². The molecule has 3 aliphatic rings. The van der Waals surface area contributed by atoms with Crippen LogP contribution in [0.5, 0.6) is 0 Å². The van der Waals surface area contributed by atoms with Gasteiger partial charge in [0.05, 0.1) is 31.5 Å². The van der Waals surface area contributed by atoms with Crippen LogP contribution in [0.2, 0.25) is 40.3 Å². The summed E-state index contributed by atoms with van der Waals surface area (Å²) in [6.45, 7) is 23.9. The van der Waals surface area contributed by atoms with Crippen molar-refractivity contribution in [3.8, 4) is 0 Å². The van der Waals surface area contributed by atoms with Crippen LogP contribution in [0.4, 0.5) is 10.2 Å². The van der Waals surface area contributed by atoms with Crippen LogP contribution in [-0.4, -0.2) is 124 Å². The maximum Gasteiger partial charge on any atom is 0.476 e. The molecule has 10 atom stereocenters. The fourth-order valence-electron chi connectivity index (χ4n) is 8.74. The summed E-state index contributed by atoms with van der Waals surface area (Å²) in [6.07, 6.45) is -5.95. The number of hydrogen-bond donors (Lipinski definition) is 6. The number of anilines is 1. The van der Waals surface area contributed by atoms with Crippen molar-refractivity contribution in [1.82, 2.24) is 34.1 Å². The molecule has 3 fully saturated rings. The summed E-state index contributed by atoms with van der Waals surface area (Å²) in [4.78, 5) is 68.8. The lowest BCUT2D eigenvalue weighted by Gasteiger charge is -2.47. The molecule has 0 amide bonds. The normalized spacial score (nSPS) is 30.4. The number of nitrogens with zero attached hydrogens (tertiary/aromatic N) is 6. The van der Waals surface area contributed by atoms with E-state index in [9.17, 15) is 23.9 Å². The molecule has 0 radical (unpaired) electrons. The standard InChI is InChI=1S/C39H65FN8O14P2SSi3/c1-20(2)67(53,21(3)4)62-68(22(5)6,23(7)8)61-30-26-15-54-63(50,51)58-29-25(16-55-64(52,65)59-31(30)37(57-26)47-14-24(40)27-34(47)43-18-45-36(27)49)56-38(32(29)60-66(12,13)39(9,10)11)48-19-46-28-33(41)42-17-44-35(28)48/h14,17-23,25-26,29-32,37-38,52-53,65H,15-16H2,1-13H3,(H3-,41,42,43,44,45,49,50,51)/p+1/t25-,26-,29-,30-,31-,32-,37-,38-,64?/m1/s1. The quantitative estimate of drug-likeness (QED) is 0.0478. The Balaban J connectivity index is 1.35. The van der Waals surface area contributed by atoms with Crippen molar-refractivity contribution in [2.45, 2.75) is 166 Å². The minimum atomic E-state index is -5.20. The summed E-state index contributed by atoms with van der Waals surface area (Å²) in [5.74, 6) is -0.842. The van der Waals surface area contributed by atoms with Gasteiger partial charge in [-0.05, 0) is 40.3 Å². The van der Waals surface area contributed by atoms with Crippen LogP contribution in [-0.2, 0) is 45.1 Å². The van der Waals surface area contributed by atoms with E-state index in [4.69, 9.17) is 46.3 Å². The van der Waals surface area contributed by atoms with Crippen LogP contribution in [0.3, 0.4) is 0 Å². The largest absolute Gasteiger partial charge is 0.476 e. The van der Waals surface area contributed by atoms with Gasteiger partial charge in [-0.15, -0.1) is 0 Å². The third kappa shape index (κ3) is 10.1. The maximum absolute atomic E-state index is 15.8. The highest BCUT2D eigenvalue weighted by Gasteiger charge is 2.63. The van der Waals surface area contributed by atoms with Gasteiger partial charge in [0.1, 0.15) is 54.4 Å². The number of hydrogen-bond acceptors (Lipinski definition) is 19. The number of nitrogens with one attached hydrogen (secondary N) is 1. The zero-order chi connectivity index (χ0) is 50.3. The molecule has 22 nitrogen and oxygen atoms in total. The summed E-state index contributed by atoms with van der Waals surface area (Å²) in [7, 11) is -19.7. The van der Waals surface area contributed by atoms with Crippen molar-refractivity contribution in [3.63, 3.8) is 0 Å². The van der Waals surface area contributed by atoms with E-state index in [2.05, 4.69) is 37.2 Å². The summed E-state index contributed by atoms with van der Waals surface area (Å²) >= 11 is 4.58. The van der Waals surface area contributed by atoms with Crippen LogP contribution >= 0.6 is 27.2 Å². The van der Waals surface area contributed by atoms with E-state index in [0.717, 1.165) is 12.5 Å². The van der Waals surface area contributed by atoms with E-state index >= 15 is 4.39 Å². The molecule has 3 aliphatic heterocycles. The van der Waals surface area contributed by atoms with Gasteiger partial charge in [-0.1, -0.05) is 76.2 Å². The average molecular weight is 1070 g/mol. The Morgan fingerprint density at radius 3 is 2.19 bits per heavy atom. The molecule has 0 aromatic carbocycles. The number of rotatable bonds is 12. The Kier molecular flexibility index (Phi) is 15.3. The molecule has 4 aromatic rings. The molecule has 3 saturated heterocycles. The number of aromatic nitrogens is 7. The molecule has 7 rings (SSSR count). The summed E-state index contributed by atoms with van der Waals surface area (Å²) in [5, 5.41) is -0.768. The van der Waals surface area contributed by atoms with E-state index in [0.29, 0.717) is 0 Å². The van der Waals surface area contributed by atoms with Gasteiger partial charge in [0, 0.05) is 6.20 Å². The second-order valence-electron chi connectivity index (χ2n) is 20.3. The number of nitrogen functional groups attached to an aromatic ring is 1. The van der Waals surface area contributed by atoms with Gasteiger partial charge in [-0.3, -0.25) is 23.0 Å². The number of nitrogens with two attached hydrogens (primary N) is 1. The lowest BCUT2D eigenvalue weighted by molar-refractivity contribution is -0.0638. The van der Waals surface area contributed by atoms with Crippen molar-refractivity contribution in [1.29, 1.82) is 0 Å². The van der Waals surface area contributed by atoms with E-state index in [1.54, 1.807) is 4.57 Å². The molecular formula is C39H66FN8O14P2SSi3+. The number of thiol groups is 1. The van der Waals surface area contributed by atoms with E-state index in [-0.39, 0.29) is 49.8 Å². The van der Waals surface area contributed by atoms with Gasteiger partial charge < -0.3 is 42.8 Å². The number of halogens is 1. The Hall–Kier alpha value is -2.12. The molecule has 0 aliphatic carbocycles. The smallest absolute Gasteiger partial charge is 0.414 e. The van der Waals surface area contributed by atoms with Crippen LogP contribution in [0, 0.1) is 5.82 Å².